The standard InChI is InChI=1S/C14H13FN2O2S/c1-7-2-4-9(15)10(6-7)16-14-17-12-8(13(18)19)3-5-11(12)20-14/h2,4,6,8H,3,5H2,1H3,(H,16,17)(H,18,19). The van der Waals surface area contributed by atoms with E-state index in [4.69, 9.17) is 5.11 Å². The van der Waals surface area contributed by atoms with Crippen molar-refractivity contribution in [1.82, 2.24) is 4.98 Å². The Bertz CT molecular complexity index is 684. The summed E-state index contributed by atoms with van der Waals surface area (Å²) in [5.74, 6) is -1.72. The van der Waals surface area contributed by atoms with Crippen LogP contribution in [0, 0.1) is 12.7 Å². The lowest BCUT2D eigenvalue weighted by Crippen LogP contribution is -2.08. The second-order valence-electron chi connectivity index (χ2n) is 4.87. The first-order valence-corrected chi connectivity index (χ1v) is 7.12. The predicted octanol–water partition coefficient (Wildman–Crippen LogP) is 3.45. The fourth-order valence-corrected chi connectivity index (χ4v) is 3.42. The van der Waals surface area contributed by atoms with Gasteiger partial charge in [0, 0.05) is 4.88 Å². The van der Waals surface area contributed by atoms with E-state index in [-0.39, 0.29) is 5.82 Å². The first kappa shape index (κ1) is 13.1. The van der Waals surface area contributed by atoms with Crippen LogP contribution in [0.25, 0.3) is 0 Å². The minimum Gasteiger partial charge on any atom is -0.481 e. The number of thiazole rings is 1. The molecule has 2 aromatic rings. The van der Waals surface area contributed by atoms with Gasteiger partial charge in [-0.2, -0.15) is 0 Å². The number of carboxylic acids is 1. The highest BCUT2D eigenvalue weighted by atomic mass is 32.1. The zero-order valence-corrected chi connectivity index (χ0v) is 11.6. The first-order chi connectivity index (χ1) is 9.54. The van der Waals surface area contributed by atoms with Crippen LogP contribution in [0.2, 0.25) is 0 Å². The SMILES string of the molecule is Cc1ccc(F)c(Nc2nc3c(s2)CCC3C(=O)O)c1. The van der Waals surface area contributed by atoms with Gasteiger partial charge in [-0.3, -0.25) is 4.79 Å². The van der Waals surface area contributed by atoms with Gasteiger partial charge in [-0.25, -0.2) is 9.37 Å². The van der Waals surface area contributed by atoms with E-state index in [1.807, 2.05) is 6.92 Å². The van der Waals surface area contributed by atoms with E-state index in [1.54, 1.807) is 12.1 Å². The number of carbonyl (C=O) groups is 1. The van der Waals surface area contributed by atoms with Crippen LogP contribution in [0.3, 0.4) is 0 Å². The number of nitrogens with one attached hydrogen (secondary N) is 1. The Morgan fingerprint density at radius 3 is 3.10 bits per heavy atom. The molecular weight excluding hydrogens is 279 g/mol. The molecule has 1 aromatic heterocycles. The molecule has 4 nitrogen and oxygen atoms in total. The molecule has 0 spiro atoms. The number of carboxylic acid groups (broad SMARTS) is 1. The van der Waals surface area contributed by atoms with Gasteiger partial charge in [0.15, 0.2) is 5.13 Å². The van der Waals surface area contributed by atoms with E-state index in [2.05, 4.69) is 10.3 Å². The third-order valence-electron chi connectivity index (χ3n) is 3.38. The number of hydrogen-bond donors (Lipinski definition) is 2. The van der Waals surface area contributed by atoms with Crippen LogP contribution in [-0.2, 0) is 11.2 Å². The third kappa shape index (κ3) is 2.27. The van der Waals surface area contributed by atoms with Crippen molar-refractivity contribution in [2.24, 2.45) is 0 Å². The van der Waals surface area contributed by atoms with Crippen molar-refractivity contribution in [3.05, 3.63) is 40.2 Å². The first-order valence-electron chi connectivity index (χ1n) is 6.30. The Morgan fingerprint density at radius 2 is 2.35 bits per heavy atom. The number of nitrogens with zero attached hydrogens (tertiary/aromatic N) is 1. The van der Waals surface area contributed by atoms with E-state index in [9.17, 15) is 9.18 Å². The summed E-state index contributed by atoms with van der Waals surface area (Å²) >= 11 is 1.40. The Morgan fingerprint density at radius 1 is 1.55 bits per heavy atom. The summed E-state index contributed by atoms with van der Waals surface area (Å²) in [6, 6.07) is 4.80. The normalized spacial score (nSPS) is 17.0. The molecule has 3 rings (SSSR count). The van der Waals surface area contributed by atoms with Gasteiger partial charge in [-0.15, -0.1) is 11.3 Å². The van der Waals surface area contributed by atoms with Gasteiger partial charge >= 0.3 is 5.97 Å². The molecule has 0 saturated heterocycles. The quantitative estimate of drug-likeness (QED) is 0.909. The number of fused-ring (bicyclic) bond motifs is 1. The zero-order chi connectivity index (χ0) is 14.3. The Hall–Kier alpha value is -1.95. The van der Waals surface area contributed by atoms with Gasteiger partial charge in [-0.1, -0.05) is 6.07 Å². The smallest absolute Gasteiger partial charge is 0.312 e. The Kier molecular flexibility index (Phi) is 3.17. The number of aryl methyl sites for hydroxylation is 2. The molecule has 0 bridgehead atoms. The largest absolute Gasteiger partial charge is 0.481 e. The van der Waals surface area contributed by atoms with Crippen LogP contribution < -0.4 is 5.32 Å². The average Bonchev–Trinajstić information content (AvgIpc) is 2.92. The van der Waals surface area contributed by atoms with E-state index >= 15 is 0 Å². The third-order valence-corrected chi connectivity index (χ3v) is 4.43. The van der Waals surface area contributed by atoms with Gasteiger partial charge in [0.25, 0.3) is 0 Å². The number of rotatable bonds is 3. The summed E-state index contributed by atoms with van der Waals surface area (Å²) in [5, 5.41) is 12.6. The van der Waals surface area contributed by atoms with Crippen LogP contribution in [0.4, 0.5) is 15.2 Å². The highest BCUT2D eigenvalue weighted by Crippen LogP contribution is 2.39. The molecule has 20 heavy (non-hydrogen) atoms. The minimum absolute atomic E-state index is 0.347. The number of hydrogen-bond acceptors (Lipinski definition) is 4. The fraction of sp³-hybridized carbons (Fsp3) is 0.286. The summed E-state index contributed by atoms with van der Waals surface area (Å²) in [6.07, 6.45) is 1.32. The summed E-state index contributed by atoms with van der Waals surface area (Å²) in [7, 11) is 0. The van der Waals surface area contributed by atoms with E-state index in [1.165, 1.54) is 17.4 Å². The molecule has 0 saturated carbocycles. The number of aliphatic carboxylic acids is 1. The second kappa shape index (κ2) is 4.86. The van der Waals surface area contributed by atoms with Gasteiger partial charge in [-0.05, 0) is 37.5 Å². The number of aromatic nitrogens is 1. The summed E-state index contributed by atoms with van der Waals surface area (Å²) in [4.78, 5) is 16.4. The average molecular weight is 292 g/mol. The van der Waals surface area contributed by atoms with Crippen molar-refractivity contribution < 1.29 is 14.3 Å². The van der Waals surface area contributed by atoms with E-state index in [0.717, 1.165) is 16.9 Å². The van der Waals surface area contributed by atoms with Crippen LogP contribution in [-0.4, -0.2) is 16.1 Å². The molecule has 104 valence electrons. The van der Waals surface area contributed by atoms with Crippen molar-refractivity contribution in [2.75, 3.05) is 5.32 Å². The molecule has 1 heterocycles. The van der Waals surface area contributed by atoms with Crippen LogP contribution in [0.5, 0.6) is 0 Å². The van der Waals surface area contributed by atoms with Crippen LogP contribution in [0.1, 0.15) is 28.5 Å². The van der Waals surface area contributed by atoms with Gasteiger partial charge < -0.3 is 10.4 Å². The molecule has 2 N–H and O–H groups in total. The molecule has 0 radical (unpaired) electrons. The molecule has 0 aliphatic heterocycles. The van der Waals surface area contributed by atoms with E-state index < -0.39 is 11.9 Å². The molecule has 1 aromatic carbocycles. The predicted molar refractivity (Wildman–Crippen MR) is 75.2 cm³/mol. The highest BCUT2D eigenvalue weighted by molar-refractivity contribution is 7.15. The van der Waals surface area contributed by atoms with Crippen LogP contribution in [0.15, 0.2) is 18.2 Å². The van der Waals surface area contributed by atoms with Crippen molar-refractivity contribution in [2.45, 2.75) is 25.7 Å². The van der Waals surface area contributed by atoms with Crippen molar-refractivity contribution in [3.63, 3.8) is 0 Å². The number of anilines is 2. The highest BCUT2D eigenvalue weighted by Gasteiger charge is 2.32. The lowest BCUT2D eigenvalue weighted by molar-refractivity contribution is -0.138. The monoisotopic (exact) mass is 292 g/mol. The number of benzene rings is 1. The second-order valence-corrected chi connectivity index (χ2v) is 5.95. The Labute approximate surface area is 119 Å². The maximum Gasteiger partial charge on any atom is 0.312 e. The zero-order valence-electron chi connectivity index (χ0n) is 10.8. The van der Waals surface area contributed by atoms with Crippen molar-refractivity contribution in [3.8, 4) is 0 Å². The molecule has 0 fully saturated rings. The molecule has 1 unspecified atom stereocenters. The minimum atomic E-state index is -0.845. The summed E-state index contributed by atoms with van der Waals surface area (Å²) in [6.45, 7) is 1.88. The van der Waals surface area contributed by atoms with Crippen molar-refractivity contribution >= 4 is 28.1 Å². The number of halogens is 1. The van der Waals surface area contributed by atoms with Gasteiger partial charge in [0.2, 0.25) is 0 Å². The van der Waals surface area contributed by atoms with Gasteiger partial charge in [0.05, 0.1) is 11.4 Å². The lowest BCUT2D eigenvalue weighted by Gasteiger charge is -2.06. The van der Waals surface area contributed by atoms with Crippen molar-refractivity contribution in [1.29, 1.82) is 0 Å². The molecule has 6 heteroatoms. The van der Waals surface area contributed by atoms with Gasteiger partial charge in [0.1, 0.15) is 11.7 Å². The topological polar surface area (TPSA) is 62.2 Å². The summed E-state index contributed by atoms with van der Waals surface area (Å²) < 4.78 is 13.7. The molecule has 0 amide bonds. The molecule has 1 aliphatic carbocycles. The molecular formula is C14H13FN2O2S. The molecule has 1 atom stereocenters. The summed E-state index contributed by atoms with van der Waals surface area (Å²) in [5.41, 5.74) is 1.93. The van der Waals surface area contributed by atoms with Crippen LogP contribution >= 0.6 is 11.3 Å². The fourth-order valence-electron chi connectivity index (χ4n) is 2.37. The Balaban J connectivity index is 1.88. The van der Waals surface area contributed by atoms with E-state index in [0.29, 0.717) is 22.9 Å². The maximum atomic E-state index is 13.7. The maximum absolute atomic E-state index is 13.7. The molecule has 1 aliphatic rings. The lowest BCUT2D eigenvalue weighted by atomic mass is 10.1.